The molecule has 6 heteroatoms. The van der Waals surface area contributed by atoms with E-state index in [9.17, 15) is 10.1 Å². The maximum atomic E-state index is 10.7. The third-order valence-corrected chi connectivity index (χ3v) is 2.80. The number of hydrogen-bond acceptors (Lipinski definition) is 5. The normalized spacial score (nSPS) is 12.1. The van der Waals surface area contributed by atoms with E-state index in [-0.39, 0.29) is 16.7 Å². The van der Waals surface area contributed by atoms with Crippen LogP contribution in [-0.4, -0.2) is 15.1 Å². The van der Waals surface area contributed by atoms with Crippen molar-refractivity contribution in [3.8, 4) is 0 Å². The highest BCUT2D eigenvalue weighted by molar-refractivity contribution is 5.35. The molecular weight excluding hydrogens is 244 g/mol. The summed E-state index contributed by atoms with van der Waals surface area (Å²) in [6.07, 6.45) is 1.62. The smallest absolute Gasteiger partial charge is 0.269 e. The van der Waals surface area contributed by atoms with Crippen LogP contribution in [-0.2, 0) is 6.54 Å². The Hall–Kier alpha value is -2.34. The molecule has 0 aliphatic rings. The number of hydrogen-bond donors (Lipinski definition) is 1. The fourth-order valence-electron chi connectivity index (χ4n) is 1.71. The molecule has 0 spiro atoms. The second kappa shape index (κ2) is 6.01. The van der Waals surface area contributed by atoms with Crippen molar-refractivity contribution < 1.29 is 4.92 Å². The molecule has 6 nitrogen and oxygen atoms in total. The largest absolute Gasteiger partial charge is 0.304 e. The van der Waals surface area contributed by atoms with Crippen LogP contribution in [0.2, 0.25) is 0 Å². The Labute approximate surface area is 110 Å². The van der Waals surface area contributed by atoms with E-state index in [0.717, 1.165) is 11.3 Å². The van der Waals surface area contributed by atoms with Gasteiger partial charge in [0.25, 0.3) is 5.69 Å². The summed E-state index contributed by atoms with van der Waals surface area (Å²) in [6, 6.07) is 10.3. The third-order valence-electron chi connectivity index (χ3n) is 2.80. The van der Waals surface area contributed by atoms with Crippen molar-refractivity contribution in [2.75, 3.05) is 0 Å². The number of benzene rings is 1. The summed E-state index contributed by atoms with van der Waals surface area (Å²) < 4.78 is 0. The number of nitrogens with one attached hydrogen (secondary N) is 1. The fraction of sp³-hybridized carbons (Fsp3) is 0.231. The van der Waals surface area contributed by atoms with Crippen molar-refractivity contribution in [3.05, 3.63) is 64.0 Å². The van der Waals surface area contributed by atoms with Gasteiger partial charge in [0.1, 0.15) is 0 Å². The molecule has 0 bridgehead atoms. The number of nitro benzene ring substituents is 1. The first kappa shape index (κ1) is 13.1. The Morgan fingerprint density at radius 3 is 2.89 bits per heavy atom. The van der Waals surface area contributed by atoms with Gasteiger partial charge in [-0.25, -0.2) is 0 Å². The van der Waals surface area contributed by atoms with E-state index < -0.39 is 0 Å². The summed E-state index contributed by atoms with van der Waals surface area (Å²) in [6.45, 7) is 2.52. The maximum absolute atomic E-state index is 10.7. The van der Waals surface area contributed by atoms with Crippen molar-refractivity contribution in [2.24, 2.45) is 0 Å². The Morgan fingerprint density at radius 1 is 1.37 bits per heavy atom. The molecule has 0 radical (unpaired) electrons. The van der Waals surface area contributed by atoms with Crippen molar-refractivity contribution >= 4 is 5.69 Å². The molecule has 1 N–H and O–H groups in total. The SMILES string of the molecule is CC(NCc1cccnn1)c1cccc([N+](=O)[O-])c1. The second-order valence-electron chi connectivity index (χ2n) is 4.17. The van der Waals surface area contributed by atoms with Crippen LogP contribution in [0, 0.1) is 10.1 Å². The van der Waals surface area contributed by atoms with Gasteiger partial charge >= 0.3 is 0 Å². The minimum atomic E-state index is -0.390. The van der Waals surface area contributed by atoms with Crippen LogP contribution in [0.3, 0.4) is 0 Å². The number of aromatic nitrogens is 2. The molecule has 0 aliphatic carbocycles. The molecule has 1 unspecified atom stereocenters. The van der Waals surface area contributed by atoms with Crippen LogP contribution in [0.4, 0.5) is 5.69 Å². The van der Waals surface area contributed by atoms with Crippen LogP contribution in [0.1, 0.15) is 24.2 Å². The zero-order valence-electron chi connectivity index (χ0n) is 10.5. The number of non-ortho nitro benzene ring substituents is 1. The highest BCUT2D eigenvalue weighted by atomic mass is 16.6. The minimum absolute atomic E-state index is 0.00176. The maximum Gasteiger partial charge on any atom is 0.269 e. The molecule has 1 aromatic heterocycles. The predicted octanol–water partition coefficient (Wildman–Crippen LogP) is 2.24. The van der Waals surface area contributed by atoms with E-state index in [1.54, 1.807) is 18.3 Å². The lowest BCUT2D eigenvalue weighted by molar-refractivity contribution is -0.384. The topological polar surface area (TPSA) is 81.0 Å². The van der Waals surface area contributed by atoms with Gasteiger partial charge in [-0.15, -0.1) is 0 Å². The third kappa shape index (κ3) is 3.56. The highest BCUT2D eigenvalue weighted by Gasteiger charge is 2.10. The standard InChI is InChI=1S/C13H14N4O2/c1-10(14-9-12-5-3-7-15-16-12)11-4-2-6-13(8-11)17(18)19/h2-8,10,14H,9H2,1H3. The molecular formula is C13H14N4O2. The molecule has 1 heterocycles. The number of nitrogens with zero attached hydrogens (tertiary/aromatic N) is 3. The summed E-state index contributed by atoms with van der Waals surface area (Å²) in [4.78, 5) is 10.3. The fourth-order valence-corrected chi connectivity index (χ4v) is 1.71. The van der Waals surface area contributed by atoms with Gasteiger partial charge in [0, 0.05) is 30.9 Å². The lowest BCUT2D eigenvalue weighted by Crippen LogP contribution is -2.19. The highest BCUT2D eigenvalue weighted by Crippen LogP contribution is 2.19. The van der Waals surface area contributed by atoms with Gasteiger partial charge in [-0.2, -0.15) is 10.2 Å². The average Bonchev–Trinajstić information content (AvgIpc) is 2.46. The molecule has 1 aromatic carbocycles. The second-order valence-corrected chi connectivity index (χ2v) is 4.17. The van der Waals surface area contributed by atoms with Gasteiger partial charge in [-0.3, -0.25) is 10.1 Å². The first-order valence-corrected chi connectivity index (χ1v) is 5.91. The Kier molecular flexibility index (Phi) is 4.15. The van der Waals surface area contributed by atoms with Gasteiger partial charge in [-0.05, 0) is 24.6 Å². The van der Waals surface area contributed by atoms with E-state index in [1.165, 1.54) is 6.07 Å². The predicted molar refractivity (Wildman–Crippen MR) is 70.4 cm³/mol. The average molecular weight is 258 g/mol. The quantitative estimate of drug-likeness (QED) is 0.657. The van der Waals surface area contributed by atoms with Crippen LogP contribution < -0.4 is 5.32 Å². The summed E-state index contributed by atoms with van der Waals surface area (Å²) in [5.41, 5.74) is 1.81. The minimum Gasteiger partial charge on any atom is -0.304 e. The summed E-state index contributed by atoms with van der Waals surface area (Å²) in [5.74, 6) is 0. The lowest BCUT2D eigenvalue weighted by atomic mass is 10.1. The van der Waals surface area contributed by atoms with E-state index in [0.29, 0.717) is 6.54 Å². The summed E-state index contributed by atoms with van der Waals surface area (Å²) in [5, 5.41) is 21.7. The number of nitro groups is 1. The van der Waals surface area contributed by atoms with Gasteiger partial charge in [0.15, 0.2) is 0 Å². The van der Waals surface area contributed by atoms with Crippen LogP contribution in [0.25, 0.3) is 0 Å². The molecule has 0 saturated carbocycles. The van der Waals surface area contributed by atoms with Crippen molar-refractivity contribution in [1.29, 1.82) is 0 Å². The molecule has 1 atom stereocenters. The molecule has 0 amide bonds. The van der Waals surface area contributed by atoms with Gasteiger partial charge in [-0.1, -0.05) is 12.1 Å². The van der Waals surface area contributed by atoms with Crippen molar-refractivity contribution in [1.82, 2.24) is 15.5 Å². The molecule has 2 rings (SSSR count). The molecule has 2 aromatic rings. The van der Waals surface area contributed by atoms with Gasteiger partial charge in [0.05, 0.1) is 10.6 Å². The lowest BCUT2D eigenvalue weighted by Gasteiger charge is -2.13. The summed E-state index contributed by atoms with van der Waals surface area (Å²) >= 11 is 0. The van der Waals surface area contributed by atoms with Crippen LogP contribution >= 0.6 is 0 Å². The van der Waals surface area contributed by atoms with E-state index >= 15 is 0 Å². The molecule has 0 fully saturated rings. The molecule has 19 heavy (non-hydrogen) atoms. The summed E-state index contributed by atoms with van der Waals surface area (Å²) in [7, 11) is 0. The van der Waals surface area contributed by atoms with E-state index in [2.05, 4.69) is 15.5 Å². The Balaban J connectivity index is 2.02. The Morgan fingerprint density at radius 2 is 2.21 bits per heavy atom. The van der Waals surface area contributed by atoms with E-state index in [4.69, 9.17) is 0 Å². The van der Waals surface area contributed by atoms with Crippen LogP contribution in [0.15, 0.2) is 42.6 Å². The first-order chi connectivity index (χ1) is 9.16. The molecule has 0 saturated heterocycles. The zero-order chi connectivity index (χ0) is 13.7. The first-order valence-electron chi connectivity index (χ1n) is 5.91. The van der Waals surface area contributed by atoms with Crippen LogP contribution in [0.5, 0.6) is 0 Å². The van der Waals surface area contributed by atoms with Crippen molar-refractivity contribution in [3.63, 3.8) is 0 Å². The van der Waals surface area contributed by atoms with E-state index in [1.807, 2.05) is 25.1 Å². The number of rotatable bonds is 5. The van der Waals surface area contributed by atoms with Gasteiger partial charge in [0.2, 0.25) is 0 Å². The monoisotopic (exact) mass is 258 g/mol. The molecule has 0 aliphatic heterocycles. The zero-order valence-corrected chi connectivity index (χ0v) is 10.5. The Bertz CT molecular complexity index is 560. The van der Waals surface area contributed by atoms with Crippen molar-refractivity contribution in [2.45, 2.75) is 19.5 Å². The van der Waals surface area contributed by atoms with Gasteiger partial charge < -0.3 is 5.32 Å². The molecule has 98 valence electrons.